The Morgan fingerprint density at radius 2 is 1.63 bits per heavy atom. The number of ether oxygens (including phenoxy) is 1. The molecule has 242 valence electrons. The molecule has 0 atom stereocenters. The fourth-order valence-corrected chi connectivity index (χ4v) is 4.98. The summed E-state index contributed by atoms with van der Waals surface area (Å²) in [5.41, 5.74) is 6.02. The quantitative estimate of drug-likeness (QED) is 0.228. The van der Waals surface area contributed by atoms with E-state index in [2.05, 4.69) is 51.7 Å². The molecule has 43 heavy (non-hydrogen) atoms. The minimum absolute atomic E-state index is 0.214. The average molecular weight is 599 g/mol. The highest BCUT2D eigenvalue weighted by Gasteiger charge is 2.32. The van der Waals surface area contributed by atoms with Crippen molar-refractivity contribution in [3.8, 4) is 0 Å². The number of carboxylic acid groups (broad SMARTS) is 1. The zero-order valence-electron chi connectivity index (χ0n) is 28.8. The summed E-state index contributed by atoms with van der Waals surface area (Å²) in [6.45, 7) is 23.4. The van der Waals surface area contributed by atoms with E-state index >= 15 is 0 Å². The Labute approximate surface area is 261 Å². The number of carboxylic acids is 1. The summed E-state index contributed by atoms with van der Waals surface area (Å²) in [5, 5.41) is 8.73. The van der Waals surface area contributed by atoms with Crippen LogP contribution in [0.2, 0.25) is 0 Å². The van der Waals surface area contributed by atoms with Gasteiger partial charge < -0.3 is 24.2 Å². The number of aromatic nitrogens is 1. The van der Waals surface area contributed by atoms with Gasteiger partial charge in [0.25, 0.3) is 0 Å². The normalized spacial score (nSPS) is 16.6. The van der Waals surface area contributed by atoms with E-state index in [0.717, 1.165) is 43.8 Å². The number of aryl methyl sites for hydroxylation is 1. The van der Waals surface area contributed by atoms with E-state index < -0.39 is 11.6 Å². The SMILES string of the molecule is CC.CCCc1ccc(C(=O)O)n1C.C\C=C(C(/C(C)=N/C=C/CC)=C(/C)N1CCN(C(=O)OC(C)(C)C)CC1)\C1CC1. The van der Waals surface area contributed by atoms with E-state index in [1.54, 1.807) is 17.7 Å². The third kappa shape index (κ3) is 12.1. The van der Waals surface area contributed by atoms with Crippen LogP contribution in [0.25, 0.3) is 0 Å². The maximum absolute atomic E-state index is 12.4. The Kier molecular flexibility index (Phi) is 16.1. The second kappa shape index (κ2) is 18.4. The molecule has 1 saturated carbocycles. The molecule has 3 rings (SSSR count). The zero-order valence-corrected chi connectivity index (χ0v) is 28.8. The number of aliphatic imine (C=N–C) groups is 1. The van der Waals surface area contributed by atoms with Crippen LogP contribution in [0.4, 0.5) is 4.79 Å². The molecule has 0 spiro atoms. The number of hydrogen-bond acceptors (Lipinski definition) is 5. The van der Waals surface area contributed by atoms with Crippen molar-refractivity contribution in [1.29, 1.82) is 0 Å². The van der Waals surface area contributed by atoms with E-state index in [4.69, 9.17) is 14.8 Å². The predicted octanol–water partition coefficient (Wildman–Crippen LogP) is 8.26. The first-order valence-electron chi connectivity index (χ1n) is 16.0. The lowest BCUT2D eigenvalue weighted by Crippen LogP contribution is -2.49. The van der Waals surface area contributed by atoms with Crippen LogP contribution in [-0.2, 0) is 18.2 Å². The van der Waals surface area contributed by atoms with Crippen molar-refractivity contribution >= 4 is 17.8 Å². The van der Waals surface area contributed by atoms with E-state index in [1.165, 1.54) is 29.7 Å². The third-order valence-corrected chi connectivity index (χ3v) is 7.31. The van der Waals surface area contributed by atoms with Crippen LogP contribution >= 0.6 is 0 Å². The monoisotopic (exact) mass is 598 g/mol. The lowest BCUT2D eigenvalue weighted by atomic mass is 9.95. The van der Waals surface area contributed by atoms with Crippen molar-refractivity contribution in [2.24, 2.45) is 18.0 Å². The fourth-order valence-electron chi connectivity index (χ4n) is 4.98. The summed E-state index contributed by atoms with van der Waals surface area (Å²) in [5.74, 6) is -0.201. The van der Waals surface area contributed by atoms with Crippen molar-refractivity contribution in [3.63, 3.8) is 0 Å². The summed E-state index contributed by atoms with van der Waals surface area (Å²) in [6, 6.07) is 3.51. The molecule has 0 unspecified atom stereocenters. The molecule has 1 aromatic heterocycles. The molecule has 8 nitrogen and oxygen atoms in total. The van der Waals surface area contributed by atoms with E-state index in [-0.39, 0.29) is 6.09 Å². The van der Waals surface area contributed by atoms with Gasteiger partial charge in [-0.2, -0.15) is 0 Å². The molecule has 1 aromatic rings. The second-order valence-electron chi connectivity index (χ2n) is 11.8. The summed E-state index contributed by atoms with van der Waals surface area (Å²) >= 11 is 0. The molecule has 1 aliphatic carbocycles. The van der Waals surface area contributed by atoms with Gasteiger partial charge in [-0.15, -0.1) is 0 Å². The van der Waals surface area contributed by atoms with Gasteiger partial charge in [-0.3, -0.25) is 4.99 Å². The maximum Gasteiger partial charge on any atom is 0.410 e. The van der Waals surface area contributed by atoms with Gasteiger partial charge in [-0.1, -0.05) is 46.3 Å². The number of piperazine rings is 1. The van der Waals surface area contributed by atoms with Crippen molar-refractivity contribution in [3.05, 3.63) is 58.7 Å². The molecule has 1 saturated heterocycles. The Balaban J connectivity index is 0.000000549. The molecule has 0 bridgehead atoms. The van der Waals surface area contributed by atoms with E-state index in [1.807, 2.05) is 51.8 Å². The molecule has 2 heterocycles. The minimum atomic E-state index is -0.861. The largest absolute Gasteiger partial charge is 0.477 e. The van der Waals surface area contributed by atoms with Gasteiger partial charge in [0, 0.05) is 62.1 Å². The average Bonchev–Trinajstić information content (AvgIpc) is 3.74. The van der Waals surface area contributed by atoms with Crippen molar-refractivity contribution in [2.75, 3.05) is 26.2 Å². The van der Waals surface area contributed by atoms with E-state index in [0.29, 0.717) is 24.7 Å². The summed E-state index contributed by atoms with van der Waals surface area (Å²) in [4.78, 5) is 31.9. The number of aromatic carboxylic acids is 1. The lowest BCUT2D eigenvalue weighted by Gasteiger charge is -2.38. The van der Waals surface area contributed by atoms with Gasteiger partial charge in [-0.25, -0.2) is 9.59 Å². The van der Waals surface area contributed by atoms with E-state index in [9.17, 15) is 9.59 Å². The molecular formula is C35H58N4O4. The predicted molar refractivity (Wildman–Crippen MR) is 179 cm³/mol. The highest BCUT2D eigenvalue weighted by atomic mass is 16.6. The Hall–Kier alpha value is -3.29. The van der Waals surface area contributed by atoms with Crippen LogP contribution < -0.4 is 0 Å². The van der Waals surface area contributed by atoms with Crippen LogP contribution in [0.1, 0.15) is 111 Å². The fraction of sp³-hybridized carbons (Fsp3) is 0.629. The van der Waals surface area contributed by atoms with Crippen LogP contribution in [0, 0.1) is 5.92 Å². The number of hydrogen-bond donors (Lipinski definition) is 1. The number of rotatable bonds is 9. The van der Waals surface area contributed by atoms with Gasteiger partial charge in [0.1, 0.15) is 11.3 Å². The molecule has 1 amide bonds. The first-order chi connectivity index (χ1) is 20.3. The van der Waals surface area contributed by atoms with Crippen LogP contribution in [0.15, 0.2) is 52.3 Å². The van der Waals surface area contributed by atoms with Crippen molar-refractivity contribution in [1.82, 2.24) is 14.4 Å². The van der Waals surface area contributed by atoms with Gasteiger partial charge in [0.15, 0.2) is 0 Å². The van der Waals surface area contributed by atoms with Gasteiger partial charge in [-0.05, 0) is 90.8 Å². The summed E-state index contributed by atoms with van der Waals surface area (Å²) < 4.78 is 7.26. The lowest BCUT2D eigenvalue weighted by molar-refractivity contribution is 0.0168. The number of nitrogens with zero attached hydrogens (tertiary/aromatic N) is 4. The minimum Gasteiger partial charge on any atom is -0.477 e. The maximum atomic E-state index is 12.4. The Bertz CT molecular complexity index is 1150. The molecule has 1 aliphatic heterocycles. The molecule has 8 heteroatoms. The molecule has 1 N–H and O–H groups in total. The first-order valence-corrected chi connectivity index (χ1v) is 16.0. The highest BCUT2D eigenvalue weighted by molar-refractivity contribution is 6.03. The zero-order chi connectivity index (χ0) is 32.7. The van der Waals surface area contributed by atoms with Crippen molar-refractivity contribution in [2.45, 2.75) is 107 Å². The smallest absolute Gasteiger partial charge is 0.410 e. The molecule has 0 aromatic carbocycles. The summed E-state index contributed by atoms with van der Waals surface area (Å²) in [6.07, 6.45) is 11.5. The Morgan fingerprint density at radius 1 is 1.05 bits per heavy atom. The van der Waals surface area contributed by atoms with Gasteiger partial charge in [0.05, 0.1) is 0 Å². The highest BCUT2D eigenvalue weighted by Crippen LogP contribution is 2.41. The van der Waals surface area contributed by atoms with Gasteiger partial charge >= 0.3 is 12.1 Å². The molecule has 2 aliphatic rings. The first kappa shape index (κ1) is 37.7. The standard InChI is InChI=1S/C24H39N3O2.C9H13NO2.C2H6/c1-8-10-13-25-18(3)22(21(9-2)20-11-12-20)19(4)26-14-16-27(17-15-26)23(28)29-24(5,6)7;1-3-4-7-5-6-8(9(11)12)10(7)2;1-2/h9-10,13,20H,8,11-12,14-17H2,1-7H3;5-6H,3-4H2,1-2H3,(H,11,12);1-2H3/b13-10+,21-9-,22-19-,25-18+;;. The van der Waals surface area contributed by atoms with Crippen LogP contribution in [-0.4, -0.2) is 69.0 Å². The number of carbonyl (C=O) groups excluding carboxylic acids is 1. The van der Waals surface area contributed by atoms with Crippen LogP contribution in [0.3, 0.4) is 0 Å². The topological polar surface area (TPSA) is 87.4 Å². The van der Waals surface area contributed by atoms with Gasteiger partial charge in [0.2, 0.25) is 0 Å². The summed E-state index contributed by atoms with van der Waals surface area (Å²) in [7, 11) is 1.79. The second-order valence-corrected chi connectivity index (χ2v) is 11.8. The molecule has 0 radical (unpaired) electrons. The molecular weight excluding hydrogens is 540 g/mol. The van der Waals surface area contributed by atoms with Crippen LogP contribution in [0.5, 0.6) is 0 Å². The third-order valence-electron chi connectivity index (χ3n) is 7.31. The molecule has 2 fully saturated rings. The number of allylic oxidation sites excluding steroid dienone is 5. The Morgan fingerprint density at radius 3 is 2.07 bits per heavy atom. The van der Waals surface area contributed by atoms with Crippen molar-refractivity contribution < 1.29 is 19.4 Å². The number of carbonyl (C=O) groups is 2. The number of amides is 1.